The summed E-state index contributed by atoms with van der Waals surface area (Å²) in [6.07, 6.45) is 3.12. The van der Waals surface area contributed by atoms with Crippen molar-refractivity contribution in [3.63, 3.8) is 0 Å². The van der Waals surface area contributed by atoms with E-state index in [1.54, 1.807) is 12.1 Å². The van der Waals surface area contributed by atoms with E-state index in [2.05, 4.69) is 18.8 Å². The average molecular weight is 229 g/mol. The van der Waals surface area contributed by atoms with Gasteiger partial charge in [0.2, 0.25) is 0 Å². The first-order valence-corrected chi connectivity index (χ1v) is 6.07. The lowest BCUT2D eigenvalue weighted by Crippen LogP contribution is -2.12. The van der Waals surface area contributed by atoms with Gasteiger partial charge < -0.3 is 0 Å². The molecule has 1 aliphatic heterocycles. The summed E-state index contributed by atoms with van der Waals surface area (Å²) >= 11 is 0. The predicted octanol–water partition coefficient (Wildman–Crippen LogP) is 3.72. The van der Waals surface area contributed by atoms with E-state index in [4.69, 9.17) is 0 Å². The van der Waals surface area contributed by atoms with Crippen LogP contribution in [0.5, 0.6) is 0 Å². The van der Waals surface area contributed by atoms with Gasteiger partial charge >= 0.3 is 0 Å². The van der Waals surface area contributed by atoms with Crippen molar-refractivity contribution in [1.82, 2.24) is 0 Å². The number of allylic oxidation sites excluding steroid dienone is 1. The summed E-state index contributed by atoms with van der Waals surface area (Å²) < 4.78 is 13.0. The van der Waals surface area contributed by atoms with E-state index in [-0.39, 0.29) is 11.2 Å². The van der Waals surface area contributed by atoms with Crippen LogP contribution in [-0.4, -0.2) is 12.8 Å². The summed E-state index contributed by atoms with van der Waals surface area (Å²) in [5.74, 6) is 0.229. The first-order chi connectivity index (χ1) is 8.08. The van der Waals surface area contributed by atoms with Gasteiger partial charge in [-0.25, -0.2) is 4.39 Å². The van der Waals surface area contributed by atoms with Gasteiger partial charge in [0.25, 0.3) is 0 Å². The van der Waals surface area contributed by atoms with Gasteiger partial charge in [-0.15, -0.1) is 0 Å². The summed E-state index contributed by atoms with van der Waals surface area (Å²) in [6, 6.07) is 6.90. The molecule has 17 heavy (non-hydrogen) atoms. The summed E-state index contributed by atoms with van der Waals surface area (Å²) in [6.45, 7) is 5.40. The Morgan fingerprint density at radius 1 is 1.24 bits per heavy atom. The molecule has 1 aromatic carbocycles. The van der Waals surface area contributed by atoms with Crippen molar-refractivity contribution in [3.8, 4) is 0 Å². The molecule has 1 aromatic rings. The van der Waals surface area contributed by atoms with Crippen LogP contribution in [0.3, 0.4) is 0 Å². The molecule has 0 radical (unpaired) electrons. The second-order valence-corrected chi connectivity index (χ2v) is 5.60. The zero-order valence-electron chi connectivity index (χ0n) is 10.2. The highest BCUT2D eigenvalue weighted by atomic mass is 19.1. The van der Waals surface area contributed by atoms with Gasteiger partial charge in [0.1, 0.15) is 5.82 Å². The smallest absolute Gasteiger partial charge is 0.123 e. The summed E-state index contributed by atoms with van der Waals surface area (Å²) in [4.78, 5) is 4.38. The minimum atomic E-state index is -0.166. The van der Waals surface area contributed by atoms with Gasteiger partial charge in [-0.1, -0.05) is 26.0 Å². The third-order valence-electron chi connectivity index (χ3n) is 4.01. The van der Waals surface area contributed by atoms with Crippen molar-refractivity contribution in [2.24, 2.45) is 10.4 Å². The van der Waals surface area contributed by atoms with E-state index in [0.717, 1.165) is 13.0 Å². The Bertz CT molecular complexity index is 508. The fraction of sp³-hybridized carbons (Fsp3) is 0.400. The highest BCUT2D eigenvalue weighted by Gasteiger charge is 2.40. The molecule has 1 nitrogen and oxygen atoms in total. The first-order valence-electron chi connectivity index (χ1n) is 6.07. The maximum absolute atomic E-state index is 13.0. The molecule has 88 valence electrons. The maximum Gasteiger partial charge on any atom is 0.123 e. The second-order valence-electron chi connectivity index (χ2n) is 5.60. The molecule has 0 bridgehead atoms. The number of halogens is 1. The van der Waals surface area contributed by atoms with Gasteiger partial charge in [-0.2, -0.15) is 0 Å². The lowest BCUT2D eigenvalue weighted by Gasteiger charge is -2.22. The van der Waals surface area contributed by atoms with Crippen LogP contribution in [0.15, 0.2) is 40.4 Å². The van der Waals surface area contributed by atoms with Crippen LogP contribution in [-0.2, 0) is 0 Å². The topological polar surface area (TPSA) is 12.4 Å². The largest absolute Gasteiger partial charge is 0.288 e. The van der Waals surface area contributed by atoms with Crippen molar-refractivity contribution in [2.75, 3.05) is 6.54 Å². The number of rotatable bonds is 1. The third-order valence-corrected chi connectivity index (χ3v) is 4.01. The number of hydrogen-bond donors (Lipinski definition) is 0. The number of nitrogens with zero attached hydrogens (tertiary/aromatic N) is 1. The highest BCUT2D eigenvalue weighted by molar-refractivity contribution is 5.86. The van der Waals surface area contributed by atoms with Crippen LogP contribution in [0.4, 0.5) is 4.39 Å². The molecule has 0 amide bonds. The zero-order chi connectivity index (χ0) is 12.0. The average Bonchev–Trinajstić information content (AvgIpc) is 2.84. The van der Waals surface area contributed by atoms with Gasteiger partial charge in [0.05, 0.1) is 6.54 Å². The molecule has 2 aliphatic rings. The van der Waals surface area contributed by atoms with Crippen LogP contribution >= 0.6 is 0 Å². The Morgan fingerprint density at radius 3 is 2.65 bits per heavy atom. The van der Waals surface area contributed by atoms with Crippen LogP contribution in [0, 0.1) is 11.2 Å². The van der Waals surface area contributed by atoms with E-state index >= 15 is 0 Å². The molecule has 0 aromatic heterocycles. The Balaban J connectivity index is 2.01. The number of aliphatic imine (C=N–C) groups is 1. The standard InChI is InChI=1S/C15H16FN/c1-15(2)7-12(13-8-17-9-14(13)15)10-3-5-11(16)6-4-10/h3-6,8,12H,7,9H2,1-2H3. The quantitative estimate of drug-likeness (QED) is 0.696. The second kappa shape index (κ2) is 3.52. The Hall–Kier alpha value is -1.44. The molecule has 0 saturated carbocycles. The van der Waals surface area contributed by atoms with Crippen molar-refractivity contribution in [2.45, 2.75) is 26.2 Å². The molecule has 1 heterocycles. The minimum absolute atomic E-state index is 0.166. The number of benzene rings is 1. The zero-order valence-corrected chi connectivity index (χ0v) is 10.2. The molecule has 2 heteroatoms. The summed E-state index contributed by atoms with van der Waals surface area (Å²) in [5, 5.41) is 0. The molecular weight excluding hydrogens is 213 g/mol. The third kappa shape index (κ3) is 1.63. The van der Waals surface area contributed by atoms with Gasteiger partial charge in [0, 0.05) is 12.1 Å². The highest BCUT2D eigenvalue weighted by Crippen LogP contribution is 2.51. The van der Waals surface area contributed by atoms with Crippen molar-refractivity contribution in [1.29, 1.82) is 0 Å². The number of hydrogen-bond acceptors (Lipinski definition) is 1. The lowest BCUT2D eigenvalue weighted by atomic mass is 9.83. The van der Waals surface area contributed by atoms with E-state index < -0.39 is 0 Å². The summed E-state index contributed by atoms with van der Waals surface area (Å²) in [5.41, 5.74) is 4.26. The Morgan fingerprint density at radius 2 is 1.94 bits per heavy atom. The SMILES string of the molecule is CC1(C)CC(c2ccc(F)cc2)C2=C1CN=C2. The Labute approximate surface area is 101 Å². The molecule has 0 N–H and O–H groups in total. The molecule has 0 spiro atoms. The van der Waals surface area contributed by atoms with Crippen LogP contribution < -0.4 is 0 Å². The monoisotopic (exact) mass is 229 g/mol. The molecule has 1 aliphatic carbocycles. The van der Waals surface area contributed by atoms with Crippen LogP contribution in [0.25, 0.3) is 0 Å². The van der Waals surface area contributed by atoms with Gasteiger partial charge in [-0.3, -0.25) is 4.99 Å². The van der Waals surface area contributed by atoms with Gasteiger partial charge in [0.15, 0.2) is 0 Å². The molecular formula is C15H16FN. The van der Waals surface area contributed by atoms with Crippen LogP contribution in [0.1, 0.15) is 31.7 Å². The summed E-state index contributed by atoms with van der Waals surface area (Å²) in [7, 11) is 0. The van der Waals surface area contributed by atoms with Crippen LogP contribution in [0.2, 0.25) is 0 Å². The van der Waals surface area contributed by atoms with Crippen molar-refractivity contribution in [3.05, 3.63) is 46.8 Å². The van der Waals surface area contributed by atoms with E-state index in [9.17, 15) is 4.39 Å². The van der Waals surface area contributed by atoms with E-state index in [1.165, 1.54) is 16.7 Å². The van der Waals surface area contributed by atoms with E-state index in [0.29, 0.717) is 5.92 Å². The molecule has 1 atom stereocenters. The fourth-order valence-corrected chi connectivity index (χ4v) is 3.05. The first kappa shape index (κ1) is 10.7. The minimum Gasteiger partial charge on any atom is -0.288 e. The molecule has 1 unspecified atom stereocenters. The normalized spacial score (nSPS) is 25.5. The fourth-order valence-electron chi connectivity index (χ4n) is 3.05. The van der Waals surface area contributed by atoms with Gasteiger partial charge in [-0.05, 0) is 40.7 Å². The maximum atomic E-state index is 13.0. The van der Waals surface area contributed by atoms with Crippen molar-refractivity contribution < 1.29 is 4.39 Å². The molecule has 0 saturated heterocycles. The molecule has 0 fully saturated rings. The van der Waals surface area contributed by atoms with Crippen molar-refractivity contribution >= 4 is 6.21 Å². The molecule has 3 rings (SSSR count). The lowest BCUT2D eigenvalue weighted by molar-refractivity contribution is 0.419. The predicted molar refractivity (Wildman–Crippen MR) is 67.9 cm³/mol. The Kier molecular flexibility index (Phi) is 2.22. The van der Waals surface area contributed by atoms with E-state index in [1.807, 2.05) is 18.3 Å².